The molecule has 1 aromatic heterocycles. The first kappa shape index (κ1) is 17.2. The van der Waals surface area contributed by atoms with E-state index in [1.807, 2.05) is 6.07 Å². The molecule has 3 heterocycles. The highest BCUT2D eigenvalue weighted by atomic mass is 32.2. The van der Waals surface area contributed by atoms with Gasteiger partial charge in [-0.1, -0.05) is 30.3 Å². The van der Waals surface area contributed by atoms with E-state index < -0.39 is 10.0 Å². The van der Waals surface area contributed by atoms with Gasteiger partial charge >= 0.3 is 0 Å². The van der Waals surface area contributed by atoms with Crippen LogP contribution in [0.15, 0.2) is 47.2 Å². The molecule has 1 aromatic carbocycles. The quantitative estimate of drug-likeness (QED) is 0.824. The summed E-state index contributed by atoms with van der Waals surface area (Å²) in [5.41, 5.74) is 2.57. The summed E-state index contributed by atoms with van der Waals surface area (Å²) in [6, 6.07) is 12.7. The number of hydrogen-bond donors (Lipinski definition) is 0. The molecule has 25 heavy (non-hydrogen) atoms. The molecule has 0 unspecified atom stereocenters. The van der Waals surface area contributed by atoms with Gasteiger partial charge in [0, 0.05) is 31.1 Å². The summed E-state index contributed by atoms with van der Waals surface area (Å²) >= 11 is 1.72. The molecule has 2 saturated heterocycles. The topological polar surface area (TPSA) is 40.6 Å². The summed E-state index contributed by atoms with van der Waals surface area (Å²) in [7, 11) is -3.20. The molecule has 0 spiro atoms. The van der Waals surface area contributed by atoms with Crippen LogP contribution in [0.3, 0.4) is 0 Å². The van der Waals surface area contributed by atoms with Crippen LogP contribution >= 0.6 is 11.3 Å². The van der Waals surface area contributed by atoms with Gasteiger partial charge in [0.25, 0.3) is 0 Å². The van der Waals surface area contributed by atoms with Crippen LogP contribution in [0.5, 0.6) is 0 Å². The van der Waals surface area contributed by atoms with Crippen molar-refractivity contribution in [2.75, 3.05) is 25.9 Å². The number of likely N-dealkylation sites (tertiary alicyclic amines) is 1. The van der Waals surface area contributed by atoms with E-state index >= 15 is 0 Å². The van der Waals surface area contributed by atoms with Gasteiger partial charge in [-0.15, -0.1) is 0 Å². The van der Waals surface area contributed by atoms with E-state index in [9.17, 15) is 8.42 Å². The molecule has 6 heteroatoms. The van der Waals surface area contributed by atoms with Crippen LogP contribution in [0, 0.1) is 0 Å². The molecule has 0 amide bonds. The van der Waals surface area contributed by atoms with Gasteiger partial charge in [0.05, 0.1) is 6.26 Å². The average molecular weight is 377 g/mol. The Labute approximate surface area is 154 Å². The van der Waals surface area contributed by atoms with E-state index in [-0.39, 0.29) is 11.5 Å². The molecular weight excluding hydrogens is 352 g/mol. The first-order valence-electron chi connectivity index (χ1n) is 8.75. The molecule has 4 rings (SSSR count). The zero-order valence-corrected chi connectivity index (χ0v) is 16.1. The minimum Gasteiger partial charge on any atom is -0.297 e. The lowest BCUT2D eigenvalue weighted by atomic mass is 9.69. The van der Waals surface area contributed by atoms with Crippen LogP contribution in [0.1, 0.15) is 24.0 Å². The normalized spacial score (nSPS) is 28.1. The maximum atomic E-state index is 12.4. The van der Waals surface area contributed by atoms with Gasteiger partial charge in [-0.3, -0.25) is 4.90 Å². The second kappa shape index (κ2) is 6.50. The Bertz CT molecular complexity index is 820. The lowest BCUT2D eigenvalue weighted by Gasteiger charge is -2.46. The summed E-state index contributed by atoms with van der Waals surface area (Å²) in [5.74, 6) is 0. The van der Waals surface area contributed by atoms with E-state index in [1.54, 1.807) is 15.6 Å². The highest BCUT2D eigenvalue weighted by molar-refractivity contribution is 7.88. The minimum atomic E-state index is -3.20. The second-order valence-corrected chi connectivity index (χ2v) is 9.99. The van der Waals surface area contributed by atoms with Crippen molar-refractivity contribution in [2.24, 2.45) is 0 Å². The van der Waals surface area contributed by atoms with Crippen molar-refractivity contribution in [3.05, 3.63) is 58.3 Å². The Hall–Kier alpha value is -1.21. The number of piperidine rings is 1. The largest absolute Gasteiger partial charge is 0.297 e. The van der Waals surface area contributed by atoms with Gasteiger partial charge in [-0.2, -0.15) is 15.6 Å². The molecule has 0 saturated carbocycles. The molecule has 134 valence electrons. The van der Waals surface area contributed by atoms with Crippen molar-refractivity contribution in [2.45, 2.75) is 30.8 Å². The van der Waals surface area contributed by atoms with E-state index in [1.165, 1.54) is 17.4 Å². The molecule has 0 bridgehead atoms. The van der Waals surface area contributed by atoms with Crippen molar-refractivity contribution in [1.29, 1.82) is 0 Å². The van der Waals surface area contributed by atoms with Crippen LogP contribution in [-0.2, 0) is 22.0 Å². The monoisotopic (exact) mass is 376 g/mol. The van der Waals surface area contributed by atoms with E-state index in [2.05, 4.69) is 46.0 Å². The smallest absolute Gasteiger partial charge is 0.211 e. The fourth-order valence-corrected chi connectivity index (χ4v) is 6.40. The Morgan fingerprint density at radius 1 is 1.16 bits per heavy atom. The number of nitrogens with zero attached hydrogens (tertiary/aromatic N) is 2. The molecule has 2 aliphatic rings. The van der Waals surface area contributed by atoms with E-state index in [0.717, 1.165) is 32.5 Å². The number of fused-ring (bicyclic) bond motifs is 1. The molecule has 0 N–H and O–H groups in total. The van der Waals surface area contributed by atoms with Crippen molar-refractivity contribution in [1.82, 2.24) is 9.21 Å². The maximum absolute atomic E-state index is 12.4. The maximum Gasteiger partial charge on any atom is 0.211 e. The standard InChI is InChI=1S/C19H24N2O2S2/c1-25(22,23)21-11-9-19(17-5-3-2-4-6-17)8-10-20(14-18(19)21)13-16-7-12-24-15-16/h2-7,12,15,18H,8-11,13-14H2,1H3/t18-,19-/m1/s1. The third kappa shape index (κ3) is 3.16. The average Bonchev–Trinajstić information content (AvgIpc) is 3.23. The third-order valence-corrected chi connectivity index (χ3v) is 7.85. The fourth-order valence-electron chi connectivity index (χ4n) is 4.59. The SMILES string of the molecule is CS(=O)(=O)N1CC[C@@]2(c3ccccc3)CCN(Cc3ccsc3)C[C@@H]12. The van der Waals surface area contributed by atoms with Crippen LogP contribution in [0.25, 0.3) is 0 Å². The number of rotatable bonds is 4. The first-order valence-corrected chi connectivity index (χ1v) is 11.5. The van der Waals surface area contributed by atoms with Crippen LogP contribution in [0.2, 0.25) is 0 Å². The zero-order chi connectivity index (χ0) is 17.5. The van der Waals surface area contributed by atoms with Gasteiger partial charge in [-0.05, 0) is 47.3 Å². The minimum absolute atomic E-state index is 0.0253. The van der Waals surface area contributed by atoms with Crippen LogP contribution in [0.4, 0.5) is 0 Å². The first-order chi connectivity index (χ1) is 12.0. The van der Waals surface area contributed by atoms with Crippen molar-refractivity contribution in [3.8, 4) is 0 Å². The van der Waals surface area contributed by atoms with Gasteiger partial charge in [0.2, 0.25) is 10.0 Å². The summed E-state index contributed by atoms with van der Waals surface area (Å²) in [5, 5.41) is 4.29. The molecule has 0 aliphatic carbocycles. The van der Waals surface area contributed by atoms with Gasteiger partial charge in [0.15, 0.2) is 0 Å². The Morgan fingerprint density at radius 2 is 1.92 bits per heavy atom. The summed E-state index contributed by atoms with van der Waals surface area (Å²) in [4.78, 5) is 2.41. The van der Waals surface area contributed by atoms with Gasteiger partial charge < -0.3 is 0 Å². The van der Waals surface area contributed by atoms with E-state index in [4.69, 9.17) is 0 Å². The second-order valence-electron chi connectivity index (χ2n) is 7.28. The lowest BCUT2D eigenvalue weighted by Crippen LogP contribution is -2.56. The molecule has 2 aliphatic heterocycles. The van der Waals surface area contributed by atoms with Gasteiger partial charge in [0.1, 0.15) is 0 Å². The number of thiophene rings is 1. The number of hydrogen-bond acceptors (Lipinski definition) is 4. The highest BCUT2D eigenvalue weighted by Crippen LogP contribution is 2.46. The Balaban J connectivity index is 1.66. The molecule has 2 atom stereocenters. The summed E-state index contributed by atoms with van der Waals surface area (Å²) in [6.45, 7) is 3.35. The molecule has 2 fully saturated rings. The Morgan fingerprint density at radius 3 is 2.60 bits per heavy atom. The van der Waals surface area contributed by atoms with E-state index in [0.29, 0.717) is 6.54 Å². The lowest BCUT2D eigenvalue weighted by molar-refractivity contribution is 0.111. The number of sulfonamides is 1. The summed E-state index contributed by atoms with van der Waals surface area (Å²) < 4.78 is 26.5. The van der Waals surface area contributed by atoms with Crippen molar-refractivity contribution in [3.63, 3.8) is 0 Å². The van der Waals surface area contributed by atoms with Crippen molar-refractivity contribution < 1.29 is 8.42 Å². The predicted molar refractivity (Wildman–Crippen MR) is 102 cm³/mol. The summed E-state index contributed by atoms with van der Waals surface area (Å²) in [6.07, 6.45) is 3.28. The number of benzene rings is 1. The third-order valence-electron chi connectivity index (χ3n) is 5.83. The molecular formula is C19H24N2O2S2. The fraction of sp³-hybridized carbons (Fsp3) is 0.474. The zero-order valence-electron chi connectivity index (χ0n) is 14.5. The predicted octanol–water partition coefficient (Wildman–Crippen LogP) is 2.93. The van der Waals surface area contributed by atoms with Gasteiger partial charge in [-0.25, -0.2) is 8.42 Å². The molecule has 2 aromatic rings. The van der Waals surface area contributed by atoms with Crippen LogP contribution < -0.4 is 0 Å². The molecule has 0 radical (unpaired) electrons. The highest BCUT2D eigenvalue weighted by Gasteiger charge is 2.53. The van der Waals surface area contributed by atoms with Crippen LogP contribution in [-0.4, -0.2) is 49.6 Å². The Kier molecular flexibility index (Phi) is 4.48. The van der Waals surface area contributed by atoms with Crippen molar-refractivity contribution >= 4 is 21.4 Å². The molecule has 4 nitrogen and oxygen atoms in total.